The Labute approximate surface area is 79.4 Å². The van der Waals surface area contributed by atoms with Gasteiger partial charge >= 0.3 is 0 Å². The van der Waals surface area contributed by atoms with Gasteiger partial charge in [0.25, 0.3) is 0 Å². The molecule has 1 aromatic rings. The fourth-order valence-electron chi connectivity index (χ4n) is 1.15. The summed E-state index contributed by atoms with van der Waals surface area (Å²) in [6, 6.07) is -0.0296. The first-order chi connectivity index (χ1) is 6.06. The molecule has 0 saturated heterocycles. The summed E-state index contributed by atoms with van der Waals surface area (Å²) in [5, 5.41) is 0. The van der Waals surface area contributed by atoms with Crippen LogP contribution in [0.25, 0.3) is 0 Å². The second kappa shape index (κ2) is 3.83. The average molecular weight is 179 g/mol. The zero-order chi connectivity index (χ0) is 10.0. The summed E-state index contributed by atoms with van der Waals surface area (Å²) in [6.07, 6.45) is 0.877. The van der Waals surface area contributed by atoms with Crippen molar-refractivity contribution in [3.63, 3.8) is 0 Å². The molecule has 1 rings (SSSR count). The first-order valence-electron chi connectivity index (χ1n) is 4.63. The topological polar surface area (TPSA) is 51.8 Å². The van der Waals surface area contributed by atoms with Crippen LogP contribution in [0.3, 0.4) is 0 Å². The third-order valence-electron chi connectivity index (χ3n) is 2.42. The van der Waals surface area contributed by atoms with Crippen molar-refractivity contribution >= 4 is 0 Å². The van der Waals surface area contributed by atoms with E-state index < -0.39 is 0 Å². The second-order valence-electron chi connectivity index (χ2n) is 3.39. The Hall–Kier alpha value is -0.960. The van der Waals surface area contributed by atoms with Gasteiger partial charge in [0.2, 0.25) is 0 Å². The maximum absolute atomic E-state index is 5.86. The van der Waals surface area contributed by atoms with E-state index in [4.69, 9.17) is 5.73 Å². The van der Waals surface area contributed by atoms with Gasteiger partial charge in [-0.3, -0.25) is 0 Å². The minimum absolute atomic E-state index is 0.0296. The zero-order valence-electron chi connectivity index (χ0n) is 8.76. The smallest absolute Gasteiger partial charge is 0.145 e. The van der Waals surface area contributed by atoms with Crippen molar-refractivity contribution in [1.29, 1.82) is 0 Å². The highest BCUT2D eigenvalue weighted by Gasteiger charge is 2.09. The van der Waals surface area contributed by atoms with Crippen molar-refractivity contribution in [1.82, 2.24) is 9.97 Å². The molecule has 1 heterocycles. The molecule has 0 fully saturated rings. The van der Waals surface area contributed by atoms with Crippen LogP contribution >= 0.6 is 0 Å². The normalized spacial score (nSPS) is 13.0. The molecule has 2 N–H and O–H groups in total. The minimum Gasteiger partial charge on any atom is -0.321 e. The Morgan fingerprint density at radius 1 is 1.15 bits per heavy atom. The van der Waals surface area contributed by atoms with Crippen molar-refractivity contribution in [2.75, 3.05) is 0 Å². The van der Waals surface area contributed by atoms with Crippen LogP contribution in [0.1, 0.15) is 42.2 Å². The molecule has 0 aliphatic carbocycles. The van der Waals surface area contributed by atoms with Crippen molar-refractivity contribution in [2.24, 2.45) is 5.73 Å². The van der Waals surface area contributed by atoms with Gasteiger partial charge in [-0.2, -0.15) is 0 Å². The molecule has 13 heavy (non-hydrogen) atoms. The van der Waals surface area contributed by atoms with E-state index in [0.717, 1.165) is 29.2 Å². The molecule has 72 valence electrons. The molecule has 0 aliphatic heterocycles. The maximum atomic E-state index is 5.86. The van der Waals surface area contributed by atoms with E-state index in [9.17, 15) is 0 Å². The van der Waals surface area contributed by atoms with E-state index in [2.05, 4.69) is 9.97 Å². The summed E-state index contributed by atoms with van der Waals surface area (Å²) < 4.78 is 0. The fraction of sp³-hybridized carbons (Fsp3) is 0.600. The number of nitrogens with zero attached hydrogens (tertiary/aromatic N) is 2. The Balaban J connectivity index is 3.13. The highest BCUT2D eigenvalue weighted by atomic mass is 14.9. The predicted molar refractivity (Wildman–Crippen MR) is 53.5 cm³/mol. The molecule has 0 aliphatic rings. The van der Waals surface area contributed by atoms with Crippen LogP contribution in [-0.2, 0) is 0 Å². The van der Waals surface area contributed by atoms with E-state index in [0.29, 0.717) is 0 Å². The lowest BCUT2D eigenvalue weighted by Gasteiger charge is -2.11. The Morgan fingerprint density at radius 2 is 1.62 bits per heavy atom. The van der Waals surface area contributed by atoms with Crippen molar-refractivity contribution in [2.45, 2.75) is 40.2 Å². The minimum atomic E-state index is -0.0296. The van der Waals surface area contributed by atoms with Crippen LogP contribution < -0.4 is 5.73 Å². The van der Waals surface area contributed by atoms with Crippen LogP contribution in [0.4, 0.5) is 0 Å². The lowest BCUT2D eigenvalue weighted by atomic mass is 10.1. The zero-order valence-corrected chi connectivity index (χ0v) is 8.76. The Morgan fingerprint density at radius 3 is 2.00 bits per heavy atom. The molecule has 1 unspecified atom stereocenters. The fourth-order valence-corrected chi connectivity index (χ4v) is 1.15. The molecule has 0 spiro atoms. The molecule has 3 nitrogen and oxygen atoms in total. The van der Waals surface area contributed by atoms with E-state index in [1.165, 1.54) is 0 Å². The van der Waals surface area contributed by atoms with Gasteiger partial charge in [0, 0.05) is 11.4 Å². The molecule has 1 atom stereocenters. The van der Waals surface area contributed by atoms with Gasteiger partial charge in [0.05, 0.1) is 6.04 Å². The molecule has 0 aromatic carbocycles. The highest BCUT2D eigenvalue weighted by Crippen LogP contribution is 2.13. The van der Waals surface area contributed by atoms with Gasteiger partial charge in [-0.25, -0.2) is 9.97 Å². The Kier molecular flexibility index (Phi) is 2.98. The number of aryl methyl sites for hydroxylation is 2. The van der Waals surface area contributed by atoms with Crippen LogP contribution in [0.5, 0.6) is 0 Å². The number of rotatable bonds is 2. The van der Waals surface area contributed by atoms with Crippen LogP contribution in [0, 0.1) is 20.8 Å². The van der Waals surface area contributed by atoms with Crippen molar-refractivity contribution in [3.05, 3.63) is 22.8 Å². The van der Waals surface area contributed by atoms with Gasteiger partial charge in [-0.15, -0.1) is 0 Å². The molecular formula is C10H17N3. The van der Waals surface area contributed by atoms with E-state index in [-0.39, 0.29) is 6.04 Å². The predicted octanol–water partition coefficient (Wildman–Crippen LogP) is 1.81. The quantitative estimate of drug-likeness (QED) is 0.753. The largest absolute Gasteiger partial charge is 0.321 e. The molecular weight excluding hydrogens is 162 g/mol. The third kappa shape index (κ3) is 2.04. The third-order valence-corrected chi connectivity index (χ3v) is 2.42. The lowest BCUT2D eigenvalue weighted by molar-refractivity contribution is 0.640. The lowest BCUT2D eigenvalue weighted by Crippen LogP contribution is -2.15. The average Bonchev–Trinajstić information content (AvgIpc) is 2.12. The van der Waals surface area contributed by atoms with Gasteiger partial charge < -0.3 is 5.73 Å². The van der Waals surface area contributed by atoms with Gasteiger partial charge in [0.1, 0.15) is 5.82 Å². The van der Waals surface area contributed by atoms with E-state index >= 15 is 0 Å². The highest BCUT2D eigenvalue weighted by molar-refractivity contribution is 5.22. The number of hydrogen-bond donors (Lipinski definition) is 1. The van der Waals surface area contributed by atoms with Gasteiger partial charge in [0.15, 0.2) is 0 Å². The molecule has 0 bridgehead atoms. The molecule has 1 aromatic heterocycles. The molecule has 0 amide bonds. The summed E-state index contributed by atoms with van der Waals surface area (Å²) in [5.74, 6) is 0.767. The standard InChI is InChI=1S/C10H17N3/c1-5-9(11)10-12-7(3)6(2)8(4)13-10/h9H,5,11H2,1-4H3. The number of aromatic nitrogens is 2. The summed E-state index contributed by atoms with van der Waals surface area (Å²) in [6.45, 7) is 8.07. The second-order valence-corrected chi connectivity index (χ2v) is 3.39. The monoisotopic (exact) mass is 179 g/mol. The van der Waals surface area contributed by atoms with Crippen molar-refractivity contribution < 1.29 is 0 Å². The SMILES string of the molecule is CCC(N)c1nc(C)c(C)c(C)n1. The molecule has 0 radical (unpaired) electrons. The summed E-state index contributed by atoms with van der Waals surface area (Å²) >= 11 is 0. The summed E-state index contributed by atoms with van der Waals surface area (Å²) in [5.41, 5.74) is 9.08. The molecule has 0 saturated carbocycles. The van der Waals surface area contributed by atoms with E-state index in [1.54, 1.807) is 0 Å². The summed E-state index contributed by atoms with van der Waals surface area (Å²) in [4.78, 5) is 8.74. The number of hydrogen-bond acceptors (Lipinski definition) is 3. The van der Waals surface area contributed by atoms with E-state index in [1.807, 2.05) is 27.7 Å². The van der Waals surface area contributed by atoms with Crippen LogP contribution in [0.15, 0.2) is 0 Å². The van der Waals surface area contributed by atoms with Crippen LogP contribution in [0.2, 0.25) is 0 Å². The first kappa shape index (κ1) is 10.1. The number of nitrogens with two attached hydrogens (primary N) is 1. The summed E-state index contributed by atoms with van der Waals surface area (Å²) in [7, 11) is 0. The maximum Gasteiger partial charge on any atom is 0.145 e. The van der Waals surface area contributed by atoms with Crippen molar-refractivity contribution in [3.8, 4) is 0 Å². The van der Waals surface area contributed by atoms with Gasteiger partial charge in [-0.05, 0) is 32.8 Å². The Bertz CT molecular complexity index is 284. The first-order valence-corrected chi connectivity index (χ1v) is 4.63. The van der Waals surface area contributed by atoms with Crippen LogP contribution in [-0.4, -0.2) is 9.97 Å². The van der Waals surface area contributed by atoms with Gasteiger partial charge in [-0.1, -0.05) is 6.92 Å². The molecule has 3 heteroatoms.